The van der Waals surface area contributed by atoms with Crippen LogP contribution in [0.25, 0.3) is 0 Å². The van der Waals surface area contributed by atoms with Gasteiger partial charge < -0.3 is 10.2 Å². The summed E-state index contributed by atoms with van der Waals surface area (Å²) in [6, 6.07) is 20.3. The van der Waals surface area contributed by atoms with Gasteiger partial charge >= 0.3 is 0 Å². The van der Waals surface area contributed by atoms with E-state index in [0.29, 0.717) is 6.54 Å². The molecule has 1 heterocycles. The Balaban J connectivity index is 1.73. The van der Waals surface area contributed by atoms with Crippen LogP contribution >= 0.6 is 0 Å². The van der Waals surface area contributed by atoms with Gasteiger partial charge in [-0.1, -0.05) is 60.7 Å². The normalized spacial score (nSPS) is 26.0. The summed E-state index contributed by atoms with van der Waals surface area (Å²) in [4.78, 5) is 2.24. The molecular weight excluding hydrogens is 274 g/mol. The van der Waals surface area contributed by atoms with Crippen molar-refractivity contribution in [2.75, 3.05) is 19.7 Å². The molecule has 0 aromatic heterocycles. The molecule has 0 aliphatic carbocycles. The third-order valence-electron chi connectivity index (χ3n) is 4.53. The van der Waals surface area contributed by atoms with Gasteiger partial charge in [-0.05, 0) is 11.1 Å². The van der Waals surface area contributed by atoms with E-state index in [9.17, 15) is 10.2 Å². The lowest BCUT2D eigenvalue weighted by Gasteiger charge is -2.41. The minimum atomic E-state index is -0.447. The second kappa shape index (κ2) is 7.05. The third-order valence-corrected chi connectivity index (χ3v) is 4.53. The first-order chi connectivity index (χ1) is 10.8. The van der Waals surface area contributed by atoms with Gasteiger partial charge in [0, 0.05) is 38.1 Å². The van der Waals surface area contributed by atoms with Crippen LogP contribution in [0.4, 0.5) is 0 Å². The maximum absolute atomic E-state index is 10.6. The average Bonchev–Trinajstić information content (AvgIpc) is 2.56. The van der Waals surface area contributed by atoms with Gasteiger partial charge in [0.25, 0.3) is 0 Å². The highest BCUT2D eigenvalue weighted by atomic mass is 16.3. The summed E-state index contributed by atoms with van der Waals surface area (Å²) in [7, 11) is 0. The maximum Gasteiger partial charge on any atom is 0.0739 e. The Morgan fingerprint density at radius 3 is 2.18 bits per heavy atom. The summed E-state index contributed by atoms with van der Waals surface area (Å²) >= 11 is 0. The molecular formula is C19H23NO2. The van der Waals surface area contributed by atoms with Crippen LogP contribution in [0.5, 0.6) is 0 Å². The Bertz CT molecular complexity index is 573. The van der Waals surface area contributed by atoms with Crippen molar-refractivity contribution < 1.29 is 10.2 Å². The molecule has 116 valence electrons. The monoisotopic (exact) mass is 297 g/mol. The highest BCUT2D eigenvalue weighted by Gasteiger charge is 2.36. The summed E-state index contributed by atoms with van der Waals surface area (Å²) in [6.45, 7) is 2.37. The largest absolute Gasteiger partial charge is 0.396 e. The molecule has 0 amide bonds. The maximum atomic E-state index is 10.6. The highest BCUT2D eigenvalue weighted by molar-refractivity contribution is 5.23. The predicted octanol–water partition coefficient (Wildman–Crippen LogP) is 2.26. The molecule has 3 nitrogen and oxygen atoms in total. The topological polar surface area (TPSA) is 43.7 Å². The van der Waals surface area contributed by atoms with Gasteiger partial charge in [0.05, 0.1) is 6.10 Å². The van der Waals surface area contributed by atoms with E-state index in [4.69, 9.17) is 0 Å². The molecule has 1 aliphatic rings. The van der Waals surface area contributed by atoms with Crippen LogP contribution in [-0.2, 0) is 6.54 Å². The number of aliphatic hydroxyl groups excluding tert-OH is 2. The summed E-state index contributed by atoms with van der Waals surface area (Å²) < 4.78 is 0. The fourth-order valence-corrected chi connectivity index (χ4v) is 3.52. The van der Waals surface area contributed by atoms with Crippen LogP contribution in [0.1, 0.15) is 17.0 Å². The first-order valence-electron chi connectivity index (χ1n) is 7.88. The molecule has 0 saturated carbocycles. The summed E-state index contributed by atoms with van der Waals surface area (Å²) in [6.07, 6.45) is -0.447. The van der Waals surface area contributed by atoms with E-state index in [1.54, 1.807) is 0 Å². The van der Waals surface area contributed by atoms with Gasteiger partial charge in [0.2, 0.25) is 0 Å². The number of benzene rings is 2. The molecule has 1 aliphatic heterocycles. The molecule has 1 saturated heterocycles. The van der Waals surface area contributed by atoms with E-state index < -0.39 is 6.10 Å². The first-order valence-corrected chi connectivity index (χ1v) is 7.88. The van der Waals surface area contributed by atoms with E-state index in [0.717, 1.165) is 18.7 Å². The Morgan fingerprint density at radius 1 is 0.909 bits per heavy atom. The second-order valence-corrected chi connectivity index (χ2v) is 6.13. The van der Waals surface area contributed by atoms with Gasteiger partial charge in [0.15, 0.2) is 0 Å². The number of β-amino-alcohol motifs (C(OH)–C–C–N with tert-alkyl or cyclic N) is 1. The first kappa shape index (κ1) is 15.2. The lowest BCUT2D eigenvalue weighted by Crippen LogP contribution is -2.48. The SMILES string of the molecule is OC[C@@H]1CN(Cc2ccccc2)C[C@@H](O)[C@H]1c1ccccc1. The number of piperidine rings is 1. The standard InChI is InChI=1S/C19H23NO2/c21-14-17-12-20(11-15-7-3-1-4-8-15)13-18(22)19(17)16-9-5-2-6-10-16/h1-10,17-19,21-22H,11-14H2/t17-,18+,19-/m0/s1. The lowest BCUT2D eigenvalue weighted by molar-refractivity contribution is -0.00339. The zero-order chi connectivity index (χ0) is 15.4. The fourth-order valence-electron chi connectivity index (χ4n) is 3.52. The number of rotatable bonds is 4. The van der Waals surface area contributed by atoms with Crippen molar-refractivity contribution in [3.8, 4) is 0 Å². The molecule has 0 bridgehead atoms. The van der Waals surface area contributed by atoms with Crippen LogP contribution < -0.4 is 0 Å². The zero-order valence-corrected chi connectivity index (χ0v) is 12.7. The third kappa shape index (κ3) is 3.38. The van der Waals surface area contributed by atoms with Crippen LogP contribution in [0, 0.1) is 5.92 Å². The van der Waals surface area contributed by atoms with Crippen molar-refractivity contribution in [3.05, 3.63) is 71.8 Å². The number of likely N-dealkylation sites (tertiary alicyclic amines) is 1. The molecule has 2 aromatic rings. The second-order valence-electron chi connectivity index (χ2n) is 6.13. The van der Waals surface area contributed by atoms with Crippen molar-refractivity contribution in [1.29, 1.82) is 0 Å². The molecule has 0 spiro atoms. The Labute approximate surface area is 131 Å². The molecule has 0 unspecified atom stereocenters. The molecule has 0 radical (unpaired) electrons. The Hall–Kier alpha value is -1.68. The van der Waals surface area contributed by atoms with Crippen molar-refractivity contribution in [2.45, 2.75) is 18.6 Å². The average molecular weight is 297 g/mol. The zero-order valence-electron chi connectivity index (χ0n) is 12.7. The van der Waals surface area contributed by atoms with Gasteiger partial charge in [-0.25, -0.2) is 0 Å². The van der Waals surface area contributed by atoms with E-state index in [2.05, 4.69) is 17.0 Å². The van der Waals surface area contributed by atoms with Crippen LogP contribution in [0.2, 0.25) is 0 Å². The predicted molar refractivity (Wildman–Crippen MR) is 87.5 cm³/mol. The minimum absolute atomic E-state index is 0.0122. The number of nitrogens with zero attached hydrogens (tertiary/aromatic N) is 1. The van der Waals surface area contributed by atoms with Crippen molar-refractivity contribution >= 4 is 0 Å². The van der Waals surface area contributed by atoms with E-state index in [1.807, 2.05) is 48.5 Å². The molecule has 22 heavy (non-hydrogen) atoms. The fraction of sp³-hybridized carbons (Fsp3) is 0.368. The van der Waals surface area contributed by atoms with E-state index >= 15 is 0 Å². The quantitative estimate of drug-likeness (QED) is 0.910. The van der Waals surface area contributed by atoms with Crippen molar-refractivity contribution in [2.24, 2.45) is 5.92 Å². The molecule has 1 fully saturated rings. The summed E-state index contributed by atoms with van der Waals surface area (Å²) in [5.74, 6) is 0.0769. The molecule has 3 heteroatoms. The van der Waals surface area contributed by atoms with Crippen LogP contribution in [-0.4, -0.2) is 40.9 Å². The Morgan fingerprint density at radius 2 is 1.55 bits per heavy atom. The number of aliphatic hydroxyl groups is 2. The van der Waals surface area contributed by atoms with Crippen molar-refractivity contribution in [3.63, 3.8) is 0 Å². The van der Waals surface area contributed by atoms with E-state index in [1.165, 1.54) is 5.56 Å². The Kier molecular flexibility index (Phi) is 4.88. The van der Waals surface area contributed by atoms with E-state index in [-0.39, 0.29) is 18.4 Å². The highest BCUT2D eigenvalue weighted by Crippen LogP contribution is 2.33. The number of hydrogen-bond acceptors (Lipinski definition) is 3. The summed E-state index contributed by atoms with van der Waals surface area (Å²) in [5.41, 5.74) is 2.36. The molecule has 3 rings (SSSR count). The van der Waals surface area contributed by atoms with Gasteiger partial charge in [-0.3, -0.25) is 4.90 Å². The smallest absolute Gasteiger partial charge is 0.0739 e. The minimum Gasteiger partial charge on any atom is -0.396 e. The van der Waals surface area contributed by atoms with Crippen LogP contribution in [0.15, 0.2) is 60.7 Å². The molecule has 2 N–H and O–H groups in total. The summed E-state index contributed by atoms with van der Waals surface area (Å²) in [5, 5.41) is 20.4. The van der Waals surface area contributed by atoms with Crippen LogP contribution in [0.3, 0.4) is 0 Å². The van der Waals surface area contributed by atoms with Gasteiger partial charge in [-0.15, -0.1) is 0 Å². The van der Waals surface area contributed by atoms with Crippen molar-refractivity contribution in [1.82, 2.24) is 4.90 Å². The lowest BCUT2D eigenvalue weighted by atomic mass is 9.79. The molecule has 3 atom stereocenters. The van der Waals surface area contributed by atoms with Gasteiger partial charge in [0.1, 0.15) is 0 Å². The number of hydrogen-bond donors (Lipinski definition) is 2. The van der Waals surface area contributed by atoms with Gasteiger partial charge in [-0.2, -0.15) is 0 Å². The molecule has 2 aromatic carbocycles.